The maximum absolute atomic E-state index is 12.4. The lowest BCUT2D eigenvalue weighted by Crippen LogP contribution is -2.32. The van der Waals surface area contributed by atoms with Crippen LogP contribution in [0.3, 0.4) is 0 Å². The van der Waals surface area contributed by atoms with Gasteiger partial charge < -0.3 is 4.74 Å². The van der Waals surface area contributed by atoms with E-state index >= 15 is 0 Å². The Morgan fingerprint density at radius 3 is 2.74 bits per heavy atom. The topological polar surface area (TPSA) is 81.2 Å². The van der Waals surface area contributed by atoms with Crippen LogP contribution in [0.1, 0.15) is 25.7 Å². The van der Waals surface area contributed by atoms with Gasteiger partial charge in [-0.05, 0) is 30.9 Å². The first-order valence-corrected chi connectivity index (χ1v) is 9.48. The first kappa shape index (κ1) is 16.1. The van der Waals surface area contributed by atoms with Crippen LogP contribution >= 0.6 is 0 Å². The number of aromatic nitrogens is 2. The van der Waals surface area contributed by atoms with Gasteiger partial charge in [-0.2, -0.15) is 0 Å². The van der Waals surface area contributed by atoms with Crippen LogP contribution in [0.5, 0.6) is 0 Å². The van der Waals surface area contributed by atoms with Crippen LogP contribution in [-0.4, -0.2) is 37.6 Å². The van der Waals surface area contributed by atoms with Crippen molar-refractivity contribution in [2.24, 2.45) is 5.92 Å². The number of benzene rings is 1. The molecule has 1 aromatic carbocycles. The number of hydrogen-bond acceptors (Lipinski definition) is 5. The molecule has 124 valence electrons. The smallest absolute Gasteiger partial charge is 0.236 e. The molecule has 1 aromatic heterocycles. The average molecular weight is 335 g/mol. The highest BCUT2D eigenvalue weighted by Crippen LogP contribution is 2.29. The molecule has 1 aliphatic rings. The Kier molecular flexibility index (Phi) is 4.77. The first-order chi connectivity index (χ1) is 11.1. The standard InChI is InChI=1S/C16H21N3O3S/c1-22-15(12-6-2-3-7-12)11-23(20,21)19-16-10-13-8-4-5-9-14(13)17-18-16/h4-5,8-10,12,15H,2-3,6-7,11H2,1H3,(H,18,19). The minimum absolute atomic E-state index is 0.0529. The first-order valence-electron chi connectivity index (χ1n) is 7.83. The molecule has 0 saturated heterocycles. The van der Waals surface area contributed by atoms with E-state index in [2.05, 4.69) is 14.9 Å². The SMILES string of the molecule is COC(CS(=O)(=O)Nc1cc2ccccc2nn1)C1CCCC1. The second kappa shape index (κ2) is 6.80. The number of nitrogens with zero attached hydrogens (tertiary/aromatic N) is 2. The molecule has 1 fully saturated rings. The van der Waals surface area contributed by atoms with E-state index in [1.54, 1.807) is 13.2 Å². The second-order valence-electron chi connectivity index (χ2n) is 5.99. The fraction of sp³-hybridized carbons (Fsp3) is 0.500. The number of ether oxygens (including phenoxy) is 1. The molecule has 1 aliphatic carbocycles. The van der Waals surface area contributed by atoms with Gasteiger partial charge in [0, 0.05) is 12.5 Å². The molecule has 7 heteroatoms. The highest BCUT2D eigenvalue weighted by Gasteiger charge is 2.29. The van der Waals surface area contributed by atoms with E-state index in [9.17, 15) is 8.42 Å². The normalized spacial score (nSPS) is 17.4. The van der Waals surface area contributed by atoms with Crippen molar-refractivity contribution in [1.82, 2.24) is 10.2 Å². The fourth-order valence-electron chi connectivity index (χ4n) is 3.18. The van der Waals surface area contributed by atoms with Crippen molar-refractivity contribution in [2.45, 2.75) is 31.8 Å². The number of fused-ring (bicyclic) bond motifs is 1. The van der Waals surface area contributed by atoms with Gasteiger partial charge in [-0.15, -0.1) is 10.2 Å². The Morgan fingerprint density at radius 2 is 2.00 bits per heavy atom. The fourth-order valence-corrected chi connectivity index (χ4v) is 4.52. The van der Waals surface area contributed by atoms with Gasteiger partial charge in [-0.1, -0.05) is 31.0 Å². The molecule has 1 atom stereocenters. The highest BCUT2D eigenvalue weighted by atomic mass is 32.2. The van der Waals surface area contributed by atoms with Gasteiger partial charge in [0.25, 0.3) is 0 Å². The van der Waals surface area contributed by atoms with Crippen molar-refractivity contribution < 1.29 is 13.2 Å². The molecule has 0 amide bonds. The zero-order valence-electron chi connectivity index (χ0n) is 13.1. The lowest BCUT2D eigenvalue weighted by Gasteiger charge is -2.21. The third-order valence-electron chi connectivity index (χ3n) is 4.37. The van der Waals surface area contributed by atoms with E-state index in [4.69, 9.17) is 4.74 Å². The number of methoxy groups -OCH3 is 1. The number of sulfonamides is 1. The van der Waals surface area contributed by atoms with Crippen LogP contribution in [0.2, 0.25) is 0 Å². The van der Waals surface area contributed by atoms with E-state index in [-0.39, 0.29) is 17.7 Å². The Morgan fingerprint density at radius 1 is 1.26 bits per heavy atom. The summed E-state index contributed by atoms with van der Waals surface area (Å²) in [6.07, 6.45) is 4.08. The third-order valence-corrected chi connectivity index (χ3v) is 5.65. The number of anilines is 1. The summed E-state index contributed by atoms with van der Waals surface area (Å²) in [7, 11) is -1.95. The van der Waals surface area contributed by atoms with Crippen molar-refractivity contribution in [3.05, 3.63) is 30.3 Å². The summed E-state index contributed by atoms with van der Waals surface area (Å²) in [4.78, 5) is 0. The van der Waals surface area contributed by atoms with E-state index in [0.717, 1.165) is 36.6 Å². The average Bonchev–Trinajstić information content (AvgIpc) is 3.06. The summed E-state index contributed by atoms with van der Waals surface area (Å²) >= 11 is 0. The van der Waals surface area contributed by atoms with E-state index in [0.29, 0.717) is 5.92 Å². The largest absolute Gasteiger partial charge is 0.380 e. The molecule has 0 radical (unpaired) electrons. The molecular formula is C16H21N3O3S. The van der Waals surface area contributed by atoms with Gasteiger partial charge in [-0.3, -0.25) is 4.72 Å². The lowest BCUT2D eigenvalue weighted by atomic mass is 10.0. The van der Waals surface area contributed by atoms with Gasteiger partial charge in [0.05, 0.1) is 17.4 Å². The molecule has 2 aromatic rings. The van der Waals surface area contributed by atoms with Crippen molar-refractivity contribution in [2.75, 3.05) is 17.6 Å². The van der Waals surface area contributed by atoms with Gasteiger partial charge in [0.15, 0.2) is 5.82 Å². The molecule has 0 spiro atoms. The predicted molar refractivity (Wildman–Crippen MR) is 89.7 cm³/mol. The molecule has 1 heterocycles. The summed E-state index contributed by atoms with van der Waals surface area (Å²) in [6.45, 7) is 0. The molecule has 0 aliphatic heterocycles. The van der Waals surface area contributed by atoms with Gasteiger partial charge in [0.1, 0.15) is 0 Å². The highest BCUT2D eigenvalue weighted by molar-refractivity contribution is 7.92. The third kappa shape index (κ3) is 3.97. The van der Waals surface area contributed by atoms with Crippen LogP contribution in [0.4, 0.5) is 5.82 Å². The zero-order chi connectivity index (χ0) is 16.3. The van der Waals surface area contributed by atoms with Crippen molar-refractivity contribution in [3.8, 4) is 0 Å². The second-order valence-corrected chi connectivity index (χ2v) is 7.76. The molecule has 1 unspecified atom stereocenters. The minimum atomic E-state index is -3.53. The number of hydrogen-bond donors (Lipinski definition) is 1. The monoisotopic (exact) mass is 335 g/mol. The van der Waals surface area contributed by atoms with Crippen LogP contribution < -0.4 is 4.72 Å². The molecule has 6 nitrogen and oxygen atoms in total. The quantitative estimate of drug-likeness (QED) is 0.877. The van der Waals surface area contributed by atoms with Crippen LogP contribution in [0, 0.1) is 5.92 Å². The Hall–Kier alpha value is -1.73. The summed E-state index contributed by atoms with van der Waals surface area (Å²) < 4.78 is 32.7. The molecule has 1 saturated carbocycles. The van der Waals surface area contributed by atoms with Crippen LogP contribution in [0.15, 0.2) is 30.3 Å². The Labute approximate surface area is 136 Å². The maximum Gasteiger partial charge on any atom is 0.236 e. The van der Waals surface area contributed by atoms with Crippen LogP contribution in [0.25, 0.3) is 10.9 Å². The van der Waals surface area contributed by atoms with E-state index < -0.39 is 10.0 Å². The predicted octanol–water partition coefficient (Wildman–Crippen LogP) is 2.58. The molecule has 1 N–H and O–H groups in total. The summed E-state index contributed by atoms with van der Waals surface area (Å²) in [5, 5.41) is 8.82. The lowest BCUT2D eigenvalue weighted by molar-refractivity contribution is 0.0718. The molecule has 0 bridgehead atoms. The van der Waals surface area contributed by atoms with Gasteiger partial charge in [0.2, 0.25) is 10.0 Å². The van der Waals surface area contributed by atoms with E-state index in [1.165, 1.54) is 0 Å². The van der Waals surface area contributed by atoms with Crippen molar-refractivity contribution in [1.29, 1.82) is 0 Å². The molecule has 3 rings (SSSR count). The van der Waals surface area contributed by atoms with Crippen LogP contribution in [-0.2, 0) is 14.8 Å². The summed E-state index contributed by atoms with van der Waals surface area (Å²) in [5.41, 5.74) is 0.733. The van der Waals surface area contributed by atoms with Gasteiger partial charge in [-0.25, -0.2) is 8.42 Å². The van der Waals surface area contributed by atoms with Crippen molar-refractivity contribution in [3.63, 3.8) is 0 Å². The van der Waals surface area contributed by atoms with E-state index in [1.807, 2.05) is 24.3 Å². The molecule has 23 heavy (non-hydrogen) atoms. The van der Waals surface area contributed by atoms with Gasteiger partial charge >= 0.3 is 0 Å². The van der Waals surface area contributed by atoms with Crippen molar-refractivity contribution >= 4 is 26.7 Å². The Balaban J connectivity index is 1.73. The number of nitrogens with one attached hydrogen (secondary N) is 1. The maximum atomic E-state index is 12.4. The minimum Gasteiger partial charge on any atom is -0.380 e. The summed E-state index contributed by atoms with van der Waals surface area (Å²) in [5.74, 6) is 0.507. The molecular weight excluding hydrogens is 314 g/mol. The zero-order valence-corrected chi connectivity index (χ0v) is 13.9. The number of rotatable bonds is 6. The summed E-state index contributed by atoms with van der Waals surface area (Å²) in [6, 6.07) is 9.15. The Bertz CT molecular complexity index is 773.